The van der Waals surface area contributed by atoms with E-state index in [2.05, 4.69) is 14.9 Å². The summed E-state index contributed by atoms with van der Waals surface area (Å²) in [5.74, 6) is -0.00762. The van der Waals surface area contributed by atoms with Crippen LogP contribution >= 0.6 is 0 Å². The number of amides is 1. The molecule has 25 heavy (non-hydrogen) atoms. The summed E-state index contributed by atoms with van der Waals surface area (Å²) in [6.45, 7) is 5.83. The van der Waals surface area contributed by atoms with Gasteiger partial charge in [-0.2, -0.15) is 0 Å². The van der Waals surface area contributed by atoms with Gasteiger partial charge in [0.05, 0.1) is 6.42 Å². The van der Waals surface area contributed by atoms with E-state index in [9.17, 15) is 14.4 Å². The van der Waals surface area contributed by atoms with Crippen LogP contribution in [0.15, 0.2) is 9.59 Å². The monoisotopic (exact) mass is 348 g/mol. The normalized spacial score (nSPS) is 21.6. The van der Waals surface area contributed by atoms with Gasteiger partial charge in [-0.1, -0.05) is 0 Å². The summed E-state index contributed by atoms with van der Waals surface area (Å²) in [5.41, 5.74) is -0.137. The lowest BCUT2D eigenvalue weighted by molar-refractivity contribution is -0.134. The van der Waals surface area contributed by atoms with Crippen LogP contribution in [0.1, 0.15) is 49.8 Å². The van der Waals surface area contributed by atoms with Gasteiger partial charge in [-0.15, -0.1) is 0 Å². The number of aromatic nitrogens is 2. The molecule has 2 N–H and O–H groups in total. The summed E-state index contributed by atoms with van der Waals surface area (Å²) in [5, 5.41) is 0. The number of carbonyl (C=O) groups is 1. The number of aryl methyl sites for hydroxylation is 1. The minimum absolute atomic E-state index is 0.00762. The van der Waals surface area contributed by atoms with Crippen LogP contribution in [0.2, 0.25) is 0 Å². The predicted molar refractivity (Wildman–Crippen MR) is 95.8 cm³/mol. The number of piperidine rings is 1. The number of likely N-dealkylation sites (tertiary alicyclic amines) is 2. The first-order valence-corrected chi connectivity index (χ1v) is 9.38. The molecule has 0 spiro atoms. The molecular weight excluding hydrogens is 320 g/mol. The number of hydrogen-bond donors (Lipinski definition) is 2. The van der Waals surface area contributed by atoms with E-state index in [1.54, 1.807) is 6.92 Å². The van der Waals surface area contributed by atoms with Gasteiger partial charge in [0, 0.05) is 30.4 Å². The molecule has 1 aromatic rings. The minimum Gasteiger partial charge on any atom is -0.339 e. The lowest BCUT2D eigenvalue weighted by atomic mass is 9.98. The molecule has 7 heteroatoms. The average molecular weight is 348 g/mol. The summed E-state index contributed by atoms with van der Waals surface area (Å²) in [7, 11) is 0. The van der Waals surface area contributed by atoms with Gasteiger partial charge >= 0.3 is 5.69 Å². The first kappa shape index (κ1) is 17.9. The largest absolute Gasteiger partial charge is 0.339 e. The molecule has 2 aliphatic rings. The molecule has 3 rings (SSSR count). The fraction of sp³-hybridized carbons (Fsp3) is 0.722. The maximum atomic E-state index is 12.8. The quantitative estimate of drug-likeness (QED) is 0.823. The molecule has 0 saturated carbocycles. The third kappa shape index (κ3) is 4.39. The molecular formula is C18H28N4O3. The van der Waals surface area contributed by atoms with Crippen LogP contribution in [0, 0.1) is 6.92 Å². The smallest absolute Gasteiger partial charge is 0.325 e. The van der Waals surface area contributed by atoms with Crippen molar-refractivity contribution in [1.82, 2.24) is 19.8 Å². The fourth-order valence-electron chi connectivity index (χ4n) is 4.06. The molecule has 2 aliphatic heterocycles. The van der Waals surface area contributed by atoms with E-state index in [0.717, 1.165) is 38.8 Å². The second-order valence-electron chi connectivity index (χ2n) is 7.26. The molecule has 1 aromatic heterocycles. The summed E-state index contributed by atoms with van der Waals surface area (Å²) in [6, 6.07) is 0.268. The highest BCUT2D eigenvalue weighted by molar-refractivity contribution is 5.79. The highest BCUT2D eigenvalue weighted by Crippen LogP contribution is 2.22. The van der Waals surface area contributed by atoms with E-state index in [1.807, 2.05) is 4.90 Å². The van der Waals surface area contributed by atoms with Crippen molar-refractivity contribution in [2.75, 3.05) is 26.2 Å². The maximum absolute atomic E-state index is 12.8. The van der Waals surface area contributed by atoms with Crippen LogP contribution < -0.4 is 11.2 Å². The van der Waals surface area contributed by atoms with Gasteiger partial charge in [-0.25, -0.2) is 4.79 Å². The van der Waals surface area contributed by atoms with Crippen molar-refractivity contribution in [3.8, 4) is 0 Å². The number of carbonyl (C=O) groups excluding carboxylic acids is 1. The number of H-pyrrole nitrogens is 2. The molecule has 3 heterocycles. The molecule has 7 nitrogen and oxygen atoms in total. The maximum Gasteiger partial charge on any atom is 0.325 e. The highest BCUT2D eigenvalue weighted by atomic mass is 16.2. The van der Waals surface area contributed by atoms with E-state index in [1.165, 1.54) is 25.9 Å². The number of rotatable bonds is 5. The Kier molecular flexibility index (Phi) is 5.73. The van der Waals surface area contributed by atoms with Crippen LogP contribution in [0.4, 0.5) is 0 Å². The first-order valence-electron chi connectivity index (χ1n) is 9.38. The molecule has 0 bridgehead atoms. The minimum atomic E-state index is -0.528. The Bertz CT molecular complexity index is 718. The van der Waals surface area contributed by atoms with Crippen LogP contribution in [0.3, 0.4) is 0 Å². The lowest BCUT2D eigenvalue weighted by Crippen LogP contribution is -2.46. The third-order valence-electron chi connectivity index (χ3n) is 5.51. The Balaban J connectivity index is 1.66. The summed E-state index contributed by atoms with van der Waals surface area (Å²) in [4.78, 5) is 45.4. The standard InChI is InChI=1S/C18H28N4O3/c1-13-15(17(24)20-18(25)19-13)12-16(23)22-10-3-2-6-14(22)7-11-21-8-4-5-9-21/h14H,2-12H2,1H3,(H2,19,20,24,25)/t14-/m1/s1. The SMILES string of the molecule is Cc1[nH]c(=O)[nH]c(=O)c1CC(=O)N1CCCC[C@@H]1CCN1CCCC1. The summed E-state index contributed by atoms with van der Waals surface area (Å²) >= 11 is 0. The van der Waals surface area contributed by atoms with Crippen molar-refractivity contribution in [1.29, 1.82) is 0 Å². The van der Waals surface area contributed by atoms with E-state index in [0.29, 0.717) is 11.3 Å². The Morgan fingerprint density at radius 1 is 1.08 bits per heavy atom. The molecule has 1 atom stereocenters. The first-order chi connectivity index (χ1) is 12.0. The van der Waals surface area contributed by atoms with Crippen molar-refractivity contribution >= 4 is 5.91 Å². The van der Waals surface area contributed by atoms with E-state index < -0.39 is 11.2 Å². The molecule has 138 valence electrons. The molecule has 1 amide bonds. The second kappa shape index (κ2) is 7.99. The summed E-state index contributed by atoms with van der Waals surface area (Å²) in [6.07, 6.45) is 6.84. The molecule has 2 fully saturated rings. The zero-order valence-electron chi connectivity index (χ0n) is 15.0. The lowest BCUT2D eigenvalue weighted by Gasteiger charge is -2.36. The average Bonchev–Trinajstić information content (AvgIpc) is 3.10. The molecule has 2 saturated heterocycles. The number of nitrogens with one attached hydrogen (secondary N) is 2. The number of nitrogens with zero attached hydrogens (tertiary/aromatic N) is 2. The molecule has 0 unspecified atom stereocenters. The van der Waals surface area contributed by atoms with Gasteiger partial charge < -0.3 is 14.8 Å². The van der Waals surface area contributed by atoms with E-state index in [4.69, 9.17) is 0 Å². The number of aromatic amines is 2. The Labute approximate surface area is 147 Å². The van der Waals surface area contributed by atoms with Gasteiger partial charge in [-0.3, -0.25) is 14.6 Å². The van der Waals surface area contributed by atoms with Gasteiger partial charge in [0.15, 0.2) is 0 Å². The third-order valence-corrected chi connectivity index (χ3v) is 5.51. The predicted octanol–water partition coefficient (Wildman–Crippen LogP) is 0.781. The van der Waals surface area contributed by atoms with Crippen molar-refractivity contribution < 1.29 is 4.79 Å². The molecule has 0 radical (unpaired) electrons. The zero-order valence-corrected chi connectivity index (χ0v) is 15.0. The van der Waals surface area contributed by atoms with E-state index in [-0.39, 0.29) is 18.4 Å². The highest BCUT2D eigenvalue weighted by Gasteiger charge is 2.28. The van der Waals surface area contributed by atoms with Gasteiger partial charge in [0.25, 0.3) is 5.56 Å². The Morgan fingerprint density at radius 3 is 2.52 bits per heavy atom. The van der Waals surface area contributed by atoms with Gasteiger partial charge in [0.1, 0.15) is 0 Å². The van der Waals surface area contributed by atoms with Gasteiger partial charge in [-0.05, 0) is 58.5 Å². The zero-order chi connectivity index (χ0) is 17.8. The number of hydrogen-bond acceptors (Lipinski definition) is 4. The van der Waals surface area contributed by atoms with Crippen LogP contribution in [-0.2, 0) is 11.2 Å². The van der Waals surface area contributed by atoms with Crippen LogP contribution in [-0.4, -0.2) is 57.9 Å². The fourth-order valence-corrected chi connectivity index (χ4v) is 4.06. The van der Waals surface area contributed by atoms with Crippen LogP contribution in [0.25, 0.3) is 0 Å². The van der Waals surface area contributed by atoms with Crippen molar-refractivity contribution in [3.05, 3.63) is 32.1 Å². The van der Waals surface area contributed by atoms with E-state index >= 15 is 0 Å². The second-order valence-corrected chi connectivity index (χ2v) is 7.26. The van der Waals surface area contributed by atoms with Crippen molar-refractivity contribution in [2.24, 2.45) is 0 Å². The van der Waals surface area contributed by atoms with Crippen molar-refractivity contribution in [2.45, 2.75) is 57.9 Å². The van der Waals surface area contributed by atoms with Crippen LogP contribution in [0.5, 0.6) is 0 Å². The summed E-state index contributed by atoms with van der Waals surface area (Å²) < 4.78 is 0. The molecule has 0 aliphatic carbocycles. The van der Waals surface area contributed by atoms with Crippen molar-refractivity contribution in [3.63, 3.8) is 0 Å². The Hall–Kier alpha value is -1.89. The Morgan fingerprint density at radius 2 is 1.80 bits per heavy atom. The van der Waals surface area contributed by atoms with Gasteiger partial charge in [0.2, 0.25) is 5.91 Å². The molecule has 0 aromatic carbocycles. The topological polar surface area (TPSA) is 89.3 Å².